The van der Waals surface area contributed by atoms with Gasteiger partial charge >= 0.3 is 0 Å². The summed E-state index contributed by atoms with van der Waals surface area (Å²) in [6.45, 7) is 0. The van der Waals surface area contributed by atoms with Crippen LogP contribution in [-0.4, -0.2) is 21.9 Å². The van der Waals surface area contributed by atoms with Gasteiger partial charge in [-0.15, -0.1) is 0 Å². The molecule has 0 fully saturated rings. The van der Waals surface area contributed by atoms with E-state index in [1.165, 1.54) is 0 Å². The van der Waals surface area contributed by atoms with Gasteiger partial charge in [-0.05, 0) is 48.0 Å². The SMILES string of the molecule is COc1c(-c2ccc(Cl)cc2)c(-c2ccc(Cl)cc2Cl)nc2c1cnn2-c1ccccc1. The number of methoxy groups -OCH3 is 1. The van der Waals surface area contributed by atoms with Gasteiger partial charge in [0.15, 0.2) is 5.65 Å². The van der Waals surface area contributed by atoms with Crippen LogP contribution in [0.25, 0.3) is 39.1 Å². The van der Waals surface area contributed by atoms with Crippen molar-refractivity contribution in [3.63, 3.8) is 0 Å². The Morgan fingerprint density at radius 1 is 0.844 bits per heavy atom. The summed E-state index contributed by atoms with van der Waals surface area (Å²) in [5, 5.41) is 7.07. The molecule has 7 heteroatoms. The van der Waals surface area contributed by atoms with Crippen molar-refractivity contribution in [1.29, 1.82) is 0 Å². The molecule has 0 saturated heterocycles. The first kappa shape index (κ1) is 20.8. The molecule has 5 aromatic rings. The van der Waals surface area contributed by atoms with E-state index in [1.54, 1.807) is 30.1 Å². The zero-order chi connectivity index (χ0) is 22.2. The van der Waals surface area contributed by atoms with Crippen molar-refractivity contribution in [3.8, 4) is 33.8 Å². The smallest absolute Gasteiger partial charge is 0.167 e. The summed E-state index contributed by atoms with van der Waals surface area (Å²) in [4.78, 5) is 5.04. The number of nitrogens with zero attached hydrogens (tertiary/aromatic N) is 3. The van der Waals surface area contributed by atoms with Gasteiger partial charge in [0.2, 0.25) is 0 Å². The summed E-state index contributed by atoms with van der Waals surface area (Å²) in [5.41, 5.74) is 4.65. The summed E-state index contributed by atoms with van der Waals surface area (Å²) in [7, 11) is 1.64. The molecule has 32 heavy (non-hydrogen) atoms. The van der Waals surface area contributed by atoms with Gasteiger partial charge < -0.3 is 4.74 Å². The quantitative estimate of drug-likeness (QED) is 0.264. The molecule has 0 aliphatic rings. The third-order valence-electron chi connectivity index (χ3n) is 5.19. The highest BCUT2D eigenvalue weighted by Gasteiger charge is 2.23. The minimum absolute atomic E-state index is 0.493. The largest absolute Gasteiger partial charge is 0.495 e. The predicted molar refractivity (Wildman–Crippen MR) is 131 cm³/mol. The average molecular weight is 481 g/mol. The van der Waals surface area contributed by atoms with Crippen LogP contribution in [0, 0.1) is 0 Å². The molecule has 0 unspecified atom stereocenters. The Labute approximate surface area is 199 Å². The second kappa shape index (κ2) is 8.47. The third-order valence-corrected chi connectivity index (χ3v) is 5.99. The number of aromatic nitrogens is 3. The van der Waals surface area contributed by atoms with E-state index in [4.69, 9.17) is 44.5 Å². The molecule has 0 bridgehead atoms. The van der Waals surface area contributed by atoms with E-state index in [1.807, 2.05) is 60.7 Å². The van der Waals surface area contributed by atoms with E-state index >= 15 is 0 Å². The highest BCUT2D eigenvalue weighted by atomic mass is 35.5. The van der Waals surface area contributed by atoms with Crippen molar-refractivity contribution >= 4 is 45.8 Å². The zero-order valence-electron chi connectivity index (χ0n) is 16.9. The highest BCUT2D eigenvalue weighted by Crippen LogP contribution is 2.45. The number of hydrogen-bond acceptors (Lipinski definition) is 3. The number of halogens is 3. The fourth-order valence-corrected chi connectivity index (χ4v) is 4.37. The van der Waals surface area contributed by atoms with Crippen LogP contribution in [0.3, 0.4) is 0 Å². The van der Waals surface area contributed by atoms with Gasteiger partial charge in [0.05, 0.1) is 40.7 Å². The standard InChI is InChI=1S/C25H16Cl3N3O/c1-32-24-20-14-29-31(18-5-3-2-4-6-18)25(20)30-23(19-12-11-17(27)13-21(19)28)22(24)15-7-9-16(26)10-8-15/h2-14H,1H3. The maximum Gasteiger partial charge on any atom is 0.167 e. The van der Waals surface area contributed by atoms with Crippen molar-refractivity contribution in [1.82, 2.24) is 14.8 Å². The second-order valence-corrected chi connectivity index (χ2v) is 8.41. The average Bonchev–Trinajstić information content (AvgIpc) is 3.23. The number of fused-ring (bicyclic) bond motifs is 1. The van der Waals surface area contributed by atoms with Gasteiger partial charge in [-0.2, -0.15) is 5.10 Å². The summed E-state index contributed by atoms with van der Waals surface area (Å²) >= 11 is 18.9. The van der Waals surface area contributed by atoms with E-state index in [-0.39, 0.29) is 0 Å². The molecular formula is C25H16Cl3N3O. The van der Waals surface area contributed by atoms with Crippen molar-refractivity contribution in [2.24, 2.45) is 0 Å². The van der Waals surface area contributed by atoms with Gasteiger partial charge in [0.1, 0.15) is 5.75 Å². The van der Waals surface area contributed by atoms with E-state index in [0.717, 1.165) is 27.8 Å². The van der Waals surface area contributed by atoms with Gasteiger partial charge in [0, 0.05) is 15.6 Å². The second-order valence-electron chi connectivity index (χ2n) is 7.13. The summed E-state index contributed by atoms with van der Waals surface area (Å²) in [6, 6.07) is 22.7. The molecule has 2 heterocycles. The molecule has 158 valence electrons. The van der Waals surface area contributed by atoms with Gasteiger partial charge in [-0.3, -0.25) is 0 Å². The van der Waals surface area contributed by atoms with Crippen LogP contribution < -0.4 is 4.74 Å². The van der Waals surface area contributed by atoms with Gasteiger partial charge in [-0.25, -0.2) is 9.67 Å². The zero-order valence-corrected chi connectivity index (χ0v) is 19.2. The molecule has 0 saturated carbocycles. The number of para-hydroxylation sites is 1. The number of ether oxygens (including phenoxy) is 1. The van der Waals surface area contributed by atoms with Crippen LogP contribution in [0.5, 0.6) is 5.75 Å². The Morgan fingerprint density at radius 2 is 1.56 bits per heavy atom. The number of pyridine rings is 1. The minimum Gasteiger partial charge on any atom is -0.495 e. The molecular weight excluding hydrogens is 465 g/mol. The lowest BCUT2D eigenvalue weighted by atomic mass is 9.97. The van der Waals surface area contributed by atoms with Crippen LogP contribution >= 0.6 is 34.8 Å². The molecule has 2 aromatic heterocycles. The van der Waals surface area contributed by atoms with Gasteiger partial charge in [0.25, 0.3) is 0 Å². The van der Waals surface area contributed by atoms with Crippen LogP contribution in [0.4, 0.5) is 0 Å². The Balaban J connectivity index is 1.89. The Morgan fingerprint density at radius 3 is 2.25 bits per heavy atom. The summed E-state index contributed by atoms with van der Waals surface area (Å²) < 4.78 is 7.71. The van der Waals surface area contributed by atoms with Crippen molar-refractivity contribution in [3.05, 3.63) is 94.1 Å². The van der Waals surface area contributed by atoms with E-state index in [2.05, 4.69) is 5.10 Å². The molecule has 4 nitrogen and oxygen atoms in total. The monoisotopic (exact) mass is 479 g/mol. The molecule has 0 spiro atoms. The van der Waals surface area contributed by atoms with E-state index in [9.17, 15) is 0 Å². The fourth-order valence-electron chi connectivity index (χ4n) is 3.74. The lowest BCUT2D eigenvalue weighted by Crippen LogP contribution is -2.01. The van der Waals surface area contributed by atoms with E-state index in [0.29, 0.717) is 32.2 Å². The fraction of sp³-hybridized carbons (Fsp3) is 0.0400. The molecule has 5 rings (SSSR count). The van der Waals surface area contributed by atoms with Crippen LogP contribution in [0.1, 0.15) is 0 Å². The lowest BCUT2D eigenvalue weighted by molar-refractivity contribution is 0.421. The first-order valence-electron chi connectivity index (χ1n) is 9.79. The molecule has 3 aromatic carbocycles. The van der Waals surface area contributed by atoms with Gasteiger partial charge in [-0.1, -0.05) is 65.1 Å². The number of hydrogen-bond donors (Lipinski definition) is 0. The Bertz CT molecular complexity index is 1430. The maximum atomic E-state index is 6.62. The summed E-state index contributed by atoms with van der Waals surface area (Å²) in [5.74, 6) is 0.653. The normalized spacial score (nSPS) is 11.1. The van der Waals surface area contributed by atoms with Crippen LogP contribution in [0.2, 0.25) is 15.1 Å². The Hall–Kier alpha value is -3.05. The number of rotatable bonds is 4. The van der Waals surface area contributed by atoms with Crippen molar-refractivity contribution in [2.45, 2.75) is 0 Å². The molecule has 0 amide bonds. The van der Waals surface area contributed by atoms with E-state index < -0.39 is 0 Å². The van der Waals surface area contributed by atoms with Crippen LogP contribution in [-0.2, 0) is 0 Å². The molecule has 0 atom stereocenters. The molecule has 0 aliphatic heterocycles. The van der Waals surface area contributed by atoms with Crippen molar-refractivity contribution in [2.75, 3.05) is 7.11 Å². The summed E-state index contributed by atoms with van der Waals surface area (Å²) in [6.07, 6.45) is 1.76. The first-order valence-corrected chi connectivity index (χ1v) is 10.9. The molecule has 0 aliphatic carbocycles. The van der Waals surface area contributed by atoms with Crippen molar-refractivity contribution < 1.29 is 4.74 Å². The topological polar surface area (TPSA) is 39.9 Å². The highest BCUT2D eigenvalue weighted by molar-refractivity contribution is 6.36. The third kappa shape index (κ3) is 3.61. The maximum absolute atomic E-state index is 6.62. The minimum atomic E-state index is 0.493. The number of benzene rings is 3. The van der Waals surface area contributed by atoms with Crippen LogP contribution in [0.15, 0.2) is 79.0 Å². The lowest BCUT2D eigenvalue weighted by Gasteiger charge is -2.17. The molecule has 0 N–H and O–H groups in total. The predicted octanol–water partition coefficient (Wildman–Crippen LogP) is 7.72. The Kier molecular flexibility index (Phi) is 5.51. The molecule has 0 radical (unpaired) electrons. The first-order chi connectivity index (χ1) is 15.6.